The maximum atomic E-state index is 13.4. The van der Waals surface area contributed by atoms with Gasteiger partial charge in [-0.3, -0.25) is 9.59 Å². The van der Waals surface area contributed by atoms with Crippen LogP contribution in [0.25, 0.3) is 0 Å². The number of nitrogens with one attached hydrogen (secondary N) is 1. The van der Waals surface area contributed by atoms with Crippen LogP contribution in [0.2, 0.25) is 0 Å². The van der Waals surface area contributed by atoms with E-state index < -0.39 is 0 Å². The molecule has 2 amide bonds. The molecule has 0 aromatic heterocycles. The summed E-state index contributed by atoms with van der Waals surface area (Å²) in [6.45, 7) is 2.71. The predicted molar refractivity (Wildman–Crippen MR) is 125 cm³/mol. The van der Waals surface area contributed by atoms with Gasteiger partial charge >= 0.3 is 0 Å². The van der Waals surface area contributed by atoms with E-state index in [1.165, 1.54) is 23.6 Å². The van der Waals surface area contributed by atoms with Crippen LogP contribution in [0.15, 0.2) is 83.3 Å². The van der Waals surface area contributed by atoms with Crippen molar-refractivity contribution in [1.29, 1.82) is 0 Å². The highest BCUT2D eigenvalue weighted by Gasteiger charge is 2.30. The fourth-order valence-electron chi connectivity index (χ4n) is 4.26. The lowest BCUT2D eigenvalue weighted by molar-refractivity contribution is -0.133. The minimum atomic E-state index is -0.356. The quantitative estimate of drug-likeness (QED) is 0.550. The Kier molecular flexibility index (Phi) is 6.52. The highest BCUT2D eigenvalue weighted by atomic mass is 79.9. The summed E-state index contributed by atoms with van der Waals surface area (Å²) in [5.41, 5.74) is 4.59. The first-order chi connectivity index (χ1) is 15.0. The Labute approximate surface area is 191 Å². The number of benzene rings is 3. The summed E-state index contributed by atoms with van der Waals surface area (Å²) < 4.78 is 0.961. The van der Waals surface area contributed by atoms with Gasteiger partial charge in [-0.25, -0.2) is 0 Å². The maximum absolute atomic E-state index is 13.4. The Morgan fingerprint density at radius 1 is 1.00 bits per heavy atom. The fraction of sp³-hybridized carbons (Fsp3) is 0.231. The zero-order chi connectivity index (χ0) is 21.8. The fourth-order valence-corrected chi connectivity index (χ4v) is 4.53. The molecule has 5 heteroatoms. The molecule has 4 rings (SSSR count). The molecule has 2 unspecified atom stereocenters. The van der Waals surface area contributed by atoms with Crippen LogP contribution < -0.4 is 5.32 Å². The van der Waals surface area contributed by atoms with E-state index in [1.807, 2.05) is 53.4 Å². The Morgan fingerprint density at radius 2 is 1.68 bits per heavy atom. The van der Waals surface area contributed by atoms with Crippen molar-refractivity contribution < 1.29 is 9.59 Å². The standard InChI is InChI=1S/C26H25BrN2O2/c1-18(30)28-25(20-11-13-22(27)14-12-20)15-26(31)29-16-21-9-5-6-10-23(21)24(17-29)19-7-3-2-4-8-19/h2-14,24-25H,15-17H2,1H3,(H,28,30). The lowest BCUT2D eigenvalue weighted by Gasteiger charge is -2.36. The third-order valence-electron chi connectivity index (χ3n) is 5.78. The van der Waals surface area contributed by atoms with Crippen LogP contribution >= 0.6 is 15.9 Å². The van der Waals surface area contributed by atoms with Gasteiger partial charge in [0.25, 0.3) is 0 Å². The van der Waals surface area contributed by atoms with Crippen LogP contribution in [-0.4, -0.2) is 23.3 Å². The van der Waals surface area contributed by atoms with Crippen molar-refractivity contribution in [3.63, 3.8) is 0 Å². The lowest BCUT2D eigenvalue weighted by Crippen LogP contribution is -2.40. The molecule has 1 aliphatic heterocycles. The van der Waals surface area contributed by atoms with Crippen molar-refractivity contribution in [2.75, 3.05) is 6.54 Å². The van der Waals surface area contributed by atoms with Gasteiger partial charge in [0.15, 0.2) is 0 Å². The minimum absolute atomic E-state index is 0.0390. The van der Waals surface area contributed by atoms with E-state index in [0.717, 1.165) is 10.0 Å². The Bertz CT molecular complexity index is 1070. The van der Waals surface area contributed by atoms with Crippen molar-refractivity contribution in [2.45, 2.75) is 31.8 Å². The van der Waals surface area contributed by atoms with Gasteiger partial charge in [-0.1, -0.05) is 82.7 Å². The van der Waals surface area contributed by atoms with E-state index in [-0.39, 0.29) is 30.2 Å². The second-order valence-electron chi connectivity index (χ2n) is 7.95. The summed E-state index contributed by atoms with van der Waals surface area (Å²) in [5.74, 6) is 0.0333. The highest BCUT2D eigenvalue weighted by molar-refractivity contribution is 9.10. The Hall–Kier alpha value is -2.92. The molecular weight excluding hydrogens is 452 g/mol. The van der Waals surface area contributed by atoms with Gasteiger partial charge in [-0.15, -0.1) is 0 Å². The molecule has 1 heterocycles. The molecule has 0 spiro atoms. The molecule has 0 fully saturated rings. The zero-order valence-corrected chi connectivity index (χ0v) is 19.0. The van der Waals surface area contributed by atoms with Crippen LogP contribution in [0.5, 0.6) is 0 Å². The van der Waals surface area contributed by atoms with Gasteiger partial charge < -0.3 is 10.2 Å². The monoisotopic (exact) mass is 476 g/mol. The summed E-state index contributed by atoms with van der Waals surface area (Å²) in [4.78, 5) is 27.1. The van der Waals surface area contributed by atoms with Crippen LogP contribution in [0.1, 0.15) is 47.6 Å². The zero-order valence-electron chi connectivity index (χ0n) is 17.4. The van der Waals surface area contributed by atoms with Gasteiger partial charge in [0.1, 0.15) is 0 Å². The van der Waals surface area contributed by atoms with E-state index >= 15 is 0 Å². The molecular formula is C26H25BrN2O2. The van der Waals surface area contributed by atoms with Gasteiger partial charge in [0.2, 0.25) is 11.8 Å². The number of carbonyl (C=O) groups excluding carboxylic acids is 2. The minimum Gasteiger partial charge on any atom is -0.349 e. The molecule has 158 valence electrons. The molecule has 1 N–H and O–H groups in total. The SMILES string of the molecule is CC(=O)NC(CC(=O)N1Cc2ccccc2C(c2ccccc2)C1)c1ccc(Br)cc1. The average molecular weight is 477 g/mol. The van der Waals surface area contributed by atoms with Crippen LogP contribution in [0.3, 0.4) is 0 Å². The number of rotatable bonds is 5. The van der Waals surface area contributed by atoms with E-state index in [0.29, 0.717) is 13.1 Å². The number of nitrogens with zero attached hydrogens (tertiary/aromatic N) is 1. The van der Waals surface area contributed by atoms with Crippen LogP contribution in [0, 0.1) is 0 Å². The molecule has 2 atom stereocenters. The third kappa shape index (κ3) is 5.05. The largest absolute Gasteiger partial charge is 0.349 e. The van der Waals surface area contributed by atoms with E-state index in [1.54, 1.807) is 0 Å². The van der Waals surface area contributed by atoms with Gasteiger partial charge in [0, 0.05) is 30.4 Å². The first kappa shape index (κ1) is 21.3. The molecule has 1 aliphatic rings. The second kappa shape index (κ2) is 9.48. The maximum Gasteiger partial charge on any atom is 0.225 e. The van der Waals surface area contributed by atoms with E-state index in [9.17, 15) is 9.59 Å². The Morgan fingerprint density at radius 3 is 2.39 bits per heavy atom. The molecule has 0 bridgehead atoms. The first-order valence-electron chi connectivity index (χ1n) is 10.4. The molecule has 0 radical (unpaired) electrons. The van der Waals surface area contributed by atoms with Gasteiger partial charge in [-0.05, 0) is 34.4 Å². The summed E-state index contributed by atoms with van der Waals surface area (Å²) in [7, 11) is 0. The predicted octanol–water partition coefficient (Wildman–Crippen LogP) is 5.19. The topological polar surface area (TPSA) is 49.4 Å². The number of halogens is 1. The van der Waals surface area contributed by atoms with Gasteiger partial charge in [-0.2, -0.15) is 0 Å². The summed E-state index contributed by atoms with van der Waals surface area (Å²) >= 11 is 3.44. The number of amides is 2. The molecule has 0 saturated carbocycles. The normalized spacial score (nSPS) is 16.3. The van der Waals surface area contributed by atoms with Crippen molar-refractivity contribution >= 4 is 27.7 Å². The number of carbonyl (C=O) groups is 2. The molecule has 3 aromatic rings. The van der Waals surface area contributed by atoms with Crippen molar-refractivity contribution in [3.8, 4) is 0 Å². The summed E-state index contributed by atoms with van der Waals surface area (Å²) in [5, 5.41) is 2.95. The second-order valence-corrected chi connectivity index (χ2v) is 8.86. The molecule has 0 saturated heterocycles. The lowest BCUT2D eigenvalue weighted by atomic mass is 9.84. The Balaban J connectivity index is 1.58. The average Bonchev–Trinajstić information content (AvgIpc) is 2.78. The smallest absolute Gasteiger partial charge is 0.225 e. The van der Waals surface area contributed by atoms with Crippen LogP contribution in [0.4, 0.5) is 0 Å². The van der Waals surface area contributed by atoms with Gasteiger partial charge in [0.05, 0.1) is 12.5 Å². The summed E-state index contributed by atoms with van der Waals surface area (Å²) in [6.07, 6.45) is 0.227. The van der Waals surface area contributed by atoms with Crippen LogP contribution in [-0.2, 0) is 16.1 Å². The summed E-state index contributed by atoms with van der Waals surface area (Å²) in [6, 6.07) is 26.1. The van der Waals surface area contributed by atoms with Crippen molar-refractivity contribution in [2.24, 2.45) is 0 Å². The number of hydrogen-bond donors (Lipinski definition) is 1. The third-order valence-corrected chi connectivity index (χ3v) is 6.31. The molecule has 31 heavy (non-hydrogen) atoms. The first-order valence-corrected chi connectivity index (χ1v) is 11.2. The number of hydrogen-bond acceptors (Lipinski definition) is 2. The molecule has 4 nitrogen and oxygen atoms in total. The van der Waals surface area contributed by atoms with E-state index in [2.05, 4.69) is 51.6 Å². The molecule has 0 aliphatic carbocycles. The highest BCUT2D eigenvalue weighted by Crippen LogP contribution is 2.34. The number of fused-ring (bicyclic) bond motifs is 1. The van der Waals surface area contributed by atoms with E-state index in [4.69, 9.17) is 0 Å². The van der Waals surface area contributed by atoms with Crippen molar-refractivity contribution in [3.05, 3.63) is 106 Å². The van der Waals surface area contributed by atoms with Crippen molar-refractivity contribution in [1.82, 2.24) is 10.2 Å². The molecule has 3 aromatic carbocycles.